The molecule has 0 radical (unpaired) electrons. The molecule has 34 heavy (non-hydrogen) atoms. The zero-order chi connectivity index (χ0) is 24.1. The van der Waals surface area contributed by atoms with Crippen LogP contribution in [0, 0.1) is 17.7 Å². The van der Waals surface area contributed by atoms with Gasteiger partial charge in [0.2, 0.25) is 0 Å². The number of rotatable bonds is 10. The summed E-state index contributed by atoms with van der Waals surface area (Å²) in [6.07, 6.45) is 8.98. The van der Waals surface area contributed by atoms with Gasteiger partial charge in [0.1, 0.15) is 11.4 Å². The molecule has 0 fully saturated rings. The third kappa shape index (κ3) is 5.20. The molecule has 3 aromatic heterocycles. The maximum absolute atomic E-state index is 8.18. The van der Waals surface area contributed by atoms with Crippen molar-refractivity contribution >= 4 is 11.4 Å². The third-order valence-corrected chi connectivity index (χ3v) is 5.81. The van der Waals surface area contributed by atoms with Gasteiger partial charge >= 0.3 is 0 Å². The molecule has 0 saturated heterocycles. The lowest BCUT2D eigenvalue weighted by atomic mass is 10.1. The highest BCUT2D eigenvalue weighted by molar-refractivity contribution is 5.98. The minimum Gasteiger partial charge on any atom is -0.306 e. The summed E-state index contributed by atoms with van der Waals surface area (Å²) in [5.74, 6) is 0. The van der Waals surface area contributed by atoms with Crippen LogP contribution in [0.25, 0.3) is 17.1 Å². The summed E-state index contributed by atoms with van der Waals surface area (Å²) in [6.45, 7) is 6.82. The Morgan fingerprint density at radius 1 is 0.882 bits per heavy atom. The summed E-state index contributed by atoms with van der Waals surface area (Å²) in [7, 11) is 0. The number of aryl methyl sites for hydroxylation is 1. The van der Waals surface area contributed by atoms with Gasteiger partial charge in [0, 0.05) is 29.5 Å². The second-order valence-electron chi connectivity index (χ2n) is 8.55. The normalized spacial score (nSPS) is 11.0. The second-order valence-corrected chi connectivity index (χ2v) is 8.55. The minimum atomic E-state index is 0.572. The molecule has 7 heteroatoms. The topological polar surface area (TPSA) is 96.2 Å². The van der Waals surface area contributed by atoms with Crippen LogP contribution in [-0.4, -0.2) is 35.7 Å². The second kappa shape index (κ2) is 10.4. The molecule has 0 aliphatic rings. The first-order chi connectivity index (χ1) is 16.5. The van der Waals surface area contributed by atoms with Crippen molar-refractivity contribution in [2.75, 3.05) is 0 Å². The van der Waals surface area contributed by atoms with E-state index in [4.69, 9.17) is 15.9 Å². The number of aromatic nitrogens is 5. The predicted molar refractivity (Wildman–Crippen MR) is 136 cm³/mol. The minimum absolute atomic E-state index is 0.572. The molecule has 2 N–H and O–H groups in total. The van der Waals surface area contributed by atoms with Gasteiger partial charge in [-0.1, -0.05) is 38.8 Å². The number of imidazole rings is 1. The monoisotopic (exact) mass is 453 g/mol. The number of hydrogen-bond donors (Lipinski definition) is 2. The fourth-order valence-electron chi connectivity index (χ4n) is 3.91. The molecule has 0 amide bonds. The van der Waals surface area contributed by atoms with E-state index in [9.17, 15) is 0 Å². The summed E-state index contributed by atoms with van der Waals surface area (Å²) < 4.78 is 3.94. The van der Waals surface area contributed by atoms with Crippen LogP contribution in [0.15, 0.2) is 61.2 Å². The summed E-state index contributed by atoms with van der Waals surface area (Å²) in [4.78, 5) is 8.93. The molecule has 0 spiro atoms. The lowest BCUT2D eigenvalue weighted by Crippen LogP contribution is -2.07. The van der Waals surface area contributed by atoms with E-state index in [-0.39, 0.29) is 0 Å². The standard InChI is InChI=1S/C27H31N7/c1-4-6-23(28)21-8-10-22(11-9-21)33-17-27(31-18-33)26-14-19(3)34(32-26)16-20-12-13-30-25(15-20)24(29)7-5-2/h8-15,17-18,28-29H,4-7,16H2,1-3H3. The molecule has 4 rings (SSSR count). The quantitative estimate of drug-likeness (QED) is 0.296. The summed E-state index contributed by atoms with van der Waals surface area (Å²) in [6, 6.07) is 14.0. The molecule has 1 aromatic carbocycles. The van der Waals surface area contributed by atoms with Gasteiger partial charge in [-0.25, -0.2) is 4.98 Å². The van der Waals surface area contributed by atoms with Crippen LogP contribution in [0.5, 0.6) is 0 Å². The molecular weight excluding hydrogens is 422 g/mol. The molecule has 3 heterocycles. The van der Waals surface area contributed by atoms with Crippen molar-refractivity contribution in [1.29, 1.82) is 10.8 Å². The van der Waals surface area contributed by atoms with Crippen molar-refractivity contribution in [2.24, 2.45) is 0 Å². The van der Waals surface area contributed by atoms with Crippen molar-refractivity contribution in [3.05, 3.63) is 83.7 Å². The highest BCUT2D eigenvalue weighted by Gasteiger charge is 2.12. The average Bonchev–Trinajstić information content (AvgIpc) is 3.47. The van der Waals surface area contributed by atoms with Crippen LogP contribution in [0.4, 0.5) is 0 Å². The molecule has 7 nitrogen and oxygen atoms in total. The van der Waals surface area contributed by atoms with E-state index >= 15 is 0 Å². The third-order valence-electron chi connectivity index (χ3n) is 5.81. The Morgan fingerprint density at radius 2 is 1.62 bits per heavy atom. The fourth-order valence-corrected chi connectivity index (χ4v) is 3.91. The summed E-state index contributed by atoms with van der Waals surface area (Å²) in [5.41, 5.74) is 7.70. The zero-order valence-corrected chi connectivity index (χ0v) is 20.0. The van der Waals surface area contributed by atoms with Gasteiger partial charge in [0.05, 0.1) is 24.3 Å². The first-order valence-corrected chi connectivity index (χ1v) is 11.8. The number of benzene rings is 1. The van der Waals surface area contributed by atoms with E-state index in [1.807, 2.05) is 64.8 Å². The van der Waals surface area contributed by atoms with E-state index in [0.717, 1.165) is 65.3 Å². The Balaban J connectivity index is 1.51. The lowest BCUT2D eigenvalue weighted by Gasteiger charge is -2.07. The first-order valence-electron chi connectivity index (χ1n) is 11.8. The summed E-state index contributed by atoms with van der Waals surface area (Å²) >= 11 is 0. The molecule has 0 unspecified atom stereocenters. The van der Waals surface area contributed by atoms with Crippen LogP contribution in [0.2, 0.25) is 0 Å². The Kier molecular flexibility index (Phi) is 7.11. The molecular formula is C27H31N7. The van der Waals surface area contributed by atoms with Gasteiger partial charge in [-0.3, -0.25) is 9.67 Å². The maximum atomic E-state index is 8.18. The van der Waals surface area contributed by atoms with Crippen LogP contribution >= 0.6 is 0 Å². The molecule has 0 atom stereocenters. The largest absolute Gasteiger partial charge is 0.306 e. The number of pyridine rings is 1. The fraction of sp³-hybridized carbons (Fsp3) is 0.296. The zero-order valence-electron chi connectivity index (χ0n) is 20.0. The molecule has 0 aliphatic carbocycles. The molecule has 0 saturated carbocycles. The smallest absolute Gasteiger partial charge is 0.113 e. The van der Waals surface area contributed by atoms with E-state index in [1.54, 1.807) is 12.5 Å². The van der Waals surface area contributed by atoms with Crippen molar-refractivity contribution in [3.63, 3.8) is 0 Å². The Bertz CT molecular complexity index is 1290. The Hall–Kier alpha value is -3.87. The number of nitrogens with one attached hydrogen (secondary N) is 2. The van der Waals surface area contributed by atoms with Crippen molar-refractivity contribution < 1.29 is 0 Å². The van der Waals surface area contributed by atoms with E-state index in [1.165, 1.54) is 0 Å². The number of hydrogen-bond acceptors (Lipinski definition) is 5. The van der Waals surface area contributed by atoms with Crippen molar-refractivity contribution in [2.45, 2.75) is 53.0 Å². The van der Waals surface area contributed by atoms with Gasteiger partial charge < -0.3 is 15.4 Å². The van der Waals surface area contributed by atoms with Gasteiger partial charge in [0.25, 0.3) is 0 Å². The van der Waals surface area contributed by atoms with E-state index < -0.39 is 0 Å². The molecule has 0 aliphatic heterocycles. The number of nitrogens with zero attached hydrogens (tertiary/aromatic N) is 5. The van der Waals surface area contributed by atoms with Crippen molar-refractivity contribution in [3.8, 4) is 17.1 Å². The lowest BCUT2D eigenvalue weighted by molar-refractivity contribution is 0.666. The highest BCUT2D eigenvalue weighted by Crippen LogP contribution is 2.20. The molecule has 174 valence electrons. The summed E-state index contributed by atoms with van der Waals surface area (Å²) in [5, 5.41) is 21.1. The van der Waals surface area contributed by atoms with Gasteiger partial charge in [-0.2, -0.15) is 5.10 Å². The Morgan fingerprint density at radius 3 is 2.35 bits per heavy atom. The average molecular weight is 454 g/mol. The van der Waals surface area contributed by atoms with Gasteiger partial charge in [0.15, 0.2) is 0 Å². The van der Waals surface area contributed by atoms with Crippen molar-refractivity contribution in [1.82, 2.24) is 24.3 Å². The molecule has 4 aromatic rings. The first kappa shape index (κ1) is 23.3. The van der Waals surface area contributed by atoms with Crippen LogP contribution in [-0.2, 0) is 6.54 Å². The van der Waals surface area contributed by atoms with Crippen LogP contribution in [0.1, 0.15) is 62.0 Å². The molecule has 0 bridgehead atoms. The van der Waals surface area contributed by atoms with Crippen LogP contribution in [0.3, 0.4) is 0 Å². The van der Waals surface area contributed by atoms with E-state index in [0.29, 0.717) is 18.0 Å². The van der Waals surface area contributed by atoms with Gasteiger partial charge in [-0.05, 0) is 61.2 Å². The Labute approximate surface area is 200 Å². The maximum Gasteiger partial charge on any atom is 0.113 e. The van der Waals surface area contributed by atoms with Crippen LogP contribution < -0.4 is 0 Å². The SMILES string of the molecule is CCCC(=N)c1ccc(-n2cnc(-c3cc(C)n(Cc4ccnc(C(=N)CCC)c4)n3)c2)cc1. The van der Waals surface area contributed by atoms with E-state index in [2.05, 4.69) is 23.8 Å². The highest BCUT2D eigenvalue weighted by atomic mass is 15.3. The predicted octanol–water partition coefficient (Wildman–Crippen LogP) is 5.82. The van der Waals surface area contributed by atoms with Gasteiger partial charge in [-0.15, -0.1) is 0 Å².